The highest BCUT2D eigenvalue weighted by Gasteiger charge is 2.71. The fraction of sp³-hybridized carbons (Fsp3) is 0.625. The Morgan fingerprint density at radius 3 is 1.86 bits per heavy atom. The molecule has 0 radical (unpaired) electrons. The maximum absolute atomic E-state index is 13.0. The minimum Gasteiger partial charge on any atom is -0.273 e. The number of nitrogens with zero attached hydrogens (tertiary/aromatic N) is 2. The Labute approximate surface area is 79.5 Å². The first-order valence-corrected chi connectivity index (χ1v) is 4.17. The molecule has 1 saturated carbocycles. The average molecular weight is 200 g/mol. The molecule has 5 nitrogen and oxygen atoms in total. The first kappa shape index (κ1) is 9.11. The van der Waals surface area contributed by atoms with E-state index in [1.807, 2.05) is 0 Å². The predicted octanol–water partition coefficient (Wildman–Crippen LogP) is -0.235. The summed E-state index contributed by atoms with van der Waals surface area (Å²) in [6.45, 7) is 0. The van der Waals surface area contributed by atoms with Crippen LogP contribution in [0.15, 0.2) is 0 Å². The standard InChI is InChI=1S/C8H9FN2O3/c1-10-5(12)8(3-4(8)9)6(13)11(2)7(10)14/h4H,3H2,1-2H3. The van der Waals surface area contributed by atoms with Crippen LogP contribution in [0, 0.1) is 5.41 Å². The molecule has 0 aromatic carbocycles. The van der Waals surface area contributed by atoms with Gasteiger partial charge in [0, 0.05) is 20.5 Å². The third-order valence-electron chi connectivity index (χ3n) is 2.82. The highest BCUT2D eigenvalue weighted by Crippen LogP contribution is 2.52. The molecule has 0 bridgehead atoms. The third kappa shape index (κ3) is 0.759. The summed E-state index contributed by atoms with van der Waals surface area (Å²) in [5.74, 6) is -1.45. The normalized spacial score (nSPS) is 30.2. The first-order valence-electron chi connectivity index (χ1n) is 4.17. The second-order valence-electron chi connectivity index (χ2n) is 3.65. The van der Waals surface area contributed by atoms with Gasteiger partial charge >= 0.3 is 6.03 Å². The van der Waals surface area contributed by atoms with Gasteiger partial charge in [-0.1, -0.05) is 0 Å². The van der Waals surface area contributed by atoms with Gasteiger partial charge in [-0.3, -0.25) is 19.4 Å². The molecule has 0 aromatic rings. The molecule has 2 aliphatic rings. The lowest BCUT2D eigenvalue weighted by atomic mass is 10.0. The molecule has 1 unspecified atom stereocenters. The number of rotatable bonds is 0. The van der Waals surface area contributed by atoms with Crippen molar-refractivity contribution in [2.75, 3.05) is 14.1 Å². The summed E-state index contributed by atoms with van der Waals surface area (Å²) in [7, 11) is 2.50. The van der Waals surface area contributed by atoms with Crippen molar-refractivity contribution in [1.29, 1.82) is 0 Å². The summed E-state index contributed by atoms with van der Waals surface area (Å²) in [4.78, 5) is 35.8. The van der Waals surface area contributed by atoms with Crippen LogP contribution in [0.3, 0.4) is 0 Å². The number of amides is 4. The van der Waals surface area contributed by atoms with Crippen molar-refractivity contribution in [2.24, 2.45) is 5.41 Å². The maximum Gasteiger partial charge on any atom is 0.332 e. The summed E-state index contributed by atoms with van der Waals surface area (Å²) in [5.41, 5.74) is -1.59. The molecule has 0 aromatic heterocycles. The maximum atomic E-state index is 13.0. The zero-order valence-corrected chi connectivity index (χ0v) is 7.78. The number of hydrogen-bond acceptors (Lipinski definition) is 3. The highest BCUT2D eigenvalue weighted by atomic mass is 19.1. The number of barbiturate groups is 1. The predicted molar refractivity (Wildman–Crippen MR) is 42.9 cm³/mol. The average Bonchev–Trinajstić information content (AvgIpc) is 2.83. The second kappa shape index (κ2) is 2.31. The molecule has 2 rings (SSSR count). The van der Waals surface area contributed by atoms with Gasteiger partial charge in [0.15, 0.2) is 5.41 Å². The number of imide groups is 2. The Kier molecular flexibility index (Phi) is 1.51. The zero-order chi connectivity index (χ0) is 10.7. The number of alkyl halides is 1. The van der Waals surface area contributed by atoms with Crippen molar-refractivity contribution < 1.29 is 18.8 Å². The minimum absolute atomic E-state index is 0.105. The number of halogens is 1. The van der Waals surface area contributed by atoms with Crippen LogP contribution in [0.25, 0.3) is 0 Å². The lowest BCUT2D eigenvalue weighted by Crippen LogP contribution is -2.58. The molecule has 0 N–H and O–H groups in total. The largest absolute Gasteiger partial charge is 0.332 e. The third-order valence-corrected chi connectivity index (χ3v) is 2.82. The topological polar surface area (TPSA) is 57.7 Å². The van der Waals surface area contributed by atoms with E-state index in [1.54, 1.807) is 0 Å². The Morgan fingerprint density at radius 2 is 1.57 bits per heavy atom. The van der Waals surface area contributed by atoms with E-state index in [9.17, 15) is 18.8 Å². The van der Waals surface area contributed by atoms with Crippen LogP contribution in [0.5, 0.6) is 0 Å². The SMILES string of the molecule is CN1C(=O)N(C)C(=O)C2(CC2F)C1=O. The van der Waals surface area contributed by atoms with E-state index in [2.05, 4.69) is 0 Å². The molecular formula is C8H9FN2O3. The van der Waals surface area contributed by atoms with Crippen molar-refractivity contribution in [3.8, 4) is 0 Å². The number of hydrogen-bond donors (Lipinski definition) is 0. The Morgan fingerprint density at radius 1 is 1.21 bits per heavy atom. The van der Waals surface area contributed by atoms with Gasteiger partial charge < -0.3 is 0 Å². The van der Waals surface area contributed by atoms with E-state index in [4.69, 9.17) is 0 Å². The molecule has 1 spiro atoms. The van der Waals surface area contributed by atoms with Crippen LogP contribution in [0.4, 0.5) is 9.18 Å². The molecule has 1 heterocycles. The molecule has 1 atom stereocenters. The van der Waals surface area contributed by atoms with Gasteiger partial charge in [-0.15, -0.1) is 0 Å². The molecule has 14 heavy (non-hydrogen) atoms. The number of carbonyl (C=O) groups is 3. The van der Waals surface area contributed by atoms with Gasteiger partial charge in [0.2, 0.25) is 11.8 Å². The van der Waals surface area contributed by atoms with Crippen molar-refractivity contribution in [2.45, 2.75) is 12.6 Å². The van der Waals surface area contributed by atoms with Gasteiger partial charge in [0.25, 0.3) is 0 Å². The summed E-state index contributed by atoms with van der Waals surface area (Å²) in [6, 6.07) is -0.704. The monoisotopic (exact) mass is 200 g/mol. The van der Waals surface area contributed by atoms with E-state index in [1.165, 1.54) is 14.1 Å². The number of urea groups is 1. The molecule has 2 fully saturated rings. The molecule has 6 heteroatoms. The van der Waals surface area contributed by atoms with E-state index < -0.39 is 29.4 Å². The van der Waals surface area contributed by atoms with E-state index in [-0.39, 0.29) is 6.42 Å². The fourth-order valence-corrected chi connectivity index (χ4v) is 1.76. The fourth-order valence-electron chi connectivity index (χ4n) is 1.76. The summed E-state index contributed by atoms with van der Waals surface area (Å²) in [6.07, 6.45) is -1.55. The van der Waals surface area contributed by atoms with Gasteiger partial charge in [0.1, 0.15) is 6.17 Å². The molecule has 4 amide bonds. The van der Waals surface area contributed by atoms with Crippen LogP contribution < -0.4 is 0 Å². The Balaban J connectivity index is 2.42. The molecule has 1 aliphatic carbocycles. The van der Waals surface area contributed by atoms with Gasteiger partial charge in [0.05, 0.1) is 0 Å². The quantitative estimate of drug-likeness (QED) is 0.507. The van der Waals surface area contributed by atoms with Gasteiger partial charge in [-0.25, -0.2) is 9.18 Å². The molecule has 1 saturated heterocycles. The number of carbonyl (C=O) groups excluding carboxylic acids is 3. The van der Waals surface area contributed by atoms with Crippen LogP contribution in [0.1, 0.15) is 6.42 Å². The molecule has 1 aliphatic heterocycles. The minimum atomic E-state index is -1.59. The Hall–Kier alpha value is -1.46. The van der Waals surface area contributed by atoms with Gasteiger partial charge in [-0.05, 0) is 0 Å². The first-order chi connectivity index (χ1) is 6.43. The van der Waals surface area contributed by atoms with Crippen molar-refractivity contribution in [1.82, 2.24) is 9.80 Å². The van der Waals surface area contributed by atoms with Crippen molar-refractivity contribution >= 4 is 17.8 Å². The van der Waals surface area contributed by atoms with Gasteiger partial charge in [-0.2, -0.15) is 0 Å². The Bertz CT molecular complexity index is 330. The van der Waals surface area contributed by atoms with Crippen LogP contribution in [0.2, 0.25) is 0 Å². The van der Waals surface area contributed by atoms with Crippen LogP contribution in [-0.2, 0) is 9.59 Å². The van der Waals surface area contributed by atoms with Crippen LogP contribution >= 0.6 is 0 Å². The lowest BCUT2D eigenvalue weighted by molar-refractivity contribution is -0.150. The summed E-state index contributed by atoms with van der Waals surface area (Å²) >= 11 is 0. The van der Waals surface area contributed by atoms with E-state index in [0.717, 1.165) is 9.80 Å². The summed E-state index contributed by atoms with van der Waals surface area (Å²) in [5, 5.41) is 0. The van der Waals surface area contributed by atoms with Crippen LogP contribution in [-0.4, -0.2) is 47.9 Å². The smallest absolute Gasteiger partial charge is 0.273 e. The van der Waals surface area contributed by atoms with Crippen molar-refractivity contribution in [3.63, 3.8) is 0 Å². The lowest BCUT2D eigenvalue weighted by Gasteiger charge is -2.32. The highest BCUT2D eigenvalue weighted by molar-refractivity contribution is 6.21. The second-order valence-corrected chi connectivity index (χ2v) is 3.65. The molecular weight excluding hydrogens is 191 g/mol. The molecule has 76 valence electrons. The summed E-state index contributed by atoms with van der Waals surface area (Å²) < 4.78 is 13.0. The van der Waals surface area contributed by atoms with E-state index >= 15 is 0 Å². The van der Waals surface area contributed by atoms with Crippen molar-refractivity contribution in [3.05, 3.63) is 0 Å². The zero-order valence-electron chi connectivity index (χ0n) is 7.78. The van der Waals surface area contributed by atoms with E-state index in [0.29, 0.717) is 0 Å².